The molecule has 1 unspecified atom stereocenters. The van der Waals surface area contributed by atoms with Crippen molar-refractivity contribution in [2.45, 2.75) is 13.0 Å². The third-order valence-corrected chi connectivity index (χ3v) is 2.20. The van der Waals surface area contributed by atoms with E-state index in [1.54, 1.807) is 6.26 Å². The summed E-state index contributed by atoms with van der Waals surface area (Å²) in [5.41, 5.74) is 7.05. The highest BCUT2D eigenvalue weighted by Crippen LogP contribution is 2.30. The van der Waals surface area contributed by atoms with E-state index in [4.69, 9.17) is 10.2 Å². The predicted molar refractivity (Wildman–Crippen MR) is 43.8 cm³/mol. The second kappa shape index (κ2) is 2.24. The lowest BCUT2D eigenvalue weighted by atomic mass is 9.91. The van der Waals surface area contributed by atoms with Gasteiger partial charge in [0, 0.05) is 11.6 Å². The monoisotopic (exact) mass is 149 g/mol. The zero-order valence-electron chi connectivity index (χ0n) is 6.45. The molecule has 0 amide bonds. The molecule has 58 valence electrons. The van der Waals surface area contributed by atoms with Crippen LogP contribution in [0.15, 0.2) is 22.8 Å². The van der Waals surface area contributed by atoms with Crippen molar-refractivity contribution in [2.75, 3.05) is 0 Å². The third-order valence-electron chi connectivity index (χ3n) is 2.20. The number of hydrogen-bond donors (Lipinski definition) is 1. The zero-order valence-corrected chi connectivity index (χ0v) is 6.45. The average Bonchev–Trinajstić information content (AvgIpc) is 2.45. The van der Waals surface area contributed by atoms with Gasteiger partial charge in [0.05, 0.1) is 6.26 Å². The molecule has 0 saturated heterocycles. The van der Waals surface area contributed by atoms with Crippen molar-refractivity contribution in [1.82, 2.24) is 0 Å². The molecule has 1 aromatic heterocycles. The molecule has 0 aliphatic heterocycles. The minimum atomic E-state index is 0.105. The van der Waals surface area contributed by atoms with E-state index >= 15 is 0 Å². The number of furan rings is 1. The number of nitrogens with two attached hydrogens (primary N) is 1. The molecule has 2 heteroatoms. The first-order chi connectivity index (χ1) is 5.29. The first kappa shape index (κ1) is 6.68. The van der Waals surface area contributed by atoms with Crippen LogP contribution in [0.2, 0.25) is 0 Å². The van der Waals surface area contributed by atoms with Gasteiger partial charge < -0.3 is 10.2 Å². The van der Waals surface area contributed by atoms with Crippen molar-refractivity contribution in [3.05, 3.63) is 29.7 Å². The molecule has 2 N–H and O–H groups in total. The molecule has 1 heterocycles. The third kappa shape index (κ3) is 0.906. The van der Waals surface area contributed by atoms with Crippen LogP contribution >= 0.6 is 0 Å². The maximum Gasteiger partial charge on any atom is 0.131 e. The Morgan fingerprint density at radius 2 is 2.36 bits per heavy atom. The lowest BCUT2D eigenvalue weighted by Gasteiger charge is -2.19. The molecule has 0 aromatic carbocycles. The van der Waals surface area contributed by atoms with Crippen LogP contribution in [-0.4, -0.2) is 0 Å². The minimum absolute atomic E-state index is 0.105. The standard InChI is InChI=1S/C9H11NO/c1-6-2-3-8-7(9(6)10)4-5-11-8/h2-6,9H,10H2,1H3/t6?,9-/m0/s1. The van der Waals surface area contributed by atoms with E-state index in [0.29, 0.717) is 5.92 Å². The first-order valence-electron chi connectivity index (χ1n) is 3.80. The van der Waals surface area contributed by atoms with E-state index in [2.05, 4.69) is 13.0 Å². The van der Waals surface area contributed by atoms with Crippen molar-refractivity contribution in [3.63, 3.8) is 0 Å². The normalized spacial score (nSPS) is 28.5. The zero-order chi connectivity index (χ0) is 7.84. The van der Waals surface area contributed by atoms with E-state index in [9.17, 15) is 0 Å². The number of hydrogen-bond acceptors (Lipinski definition) is 2. The summed E-state index contributed by atoms with van der Waals surface area (Å²) in [6, 6.07) is 2.05. The first-order valence-corrected chi connectivity index (χ1v) is 3.80. The number of rotatable bonds is 0. The van der Waals surface area contributed by atoms with Crippen molar-refractivity contribution in [1.29, 1.82) is 0 Å². The van der Waals surface area contributed by atoms with E-state index in [1.807, 2.05) is 12.1 Å². The van der Waals surface area contributed by atoms with E-state index < -0.39 is 0 Å². The molecule has 0 spiro atoms. The molecule has 11 heavy (non-hydrogen) atoms. The quantitative estimate of drug-likeness (QED) is 0.612. The largest absolute Gasteiger partial charge is 0.465 e. The molecule has 0 radical (unpaired) electrons. The van der Waals surface area contributed by atoms with Crippen LogP contribution in [0.3, 0.4) is 0 Å². The summed E-state index contributed by atoms with van der Waals surface area (Å²) in [6.07, 6.45) is 5.76. The summed E-state index contributed by atoms with van der Waals surface area (Å²) >= 11 is 0. The van der Waals surface area contributed by atoms with Crippen molar-refractivity contribution < 1.29 is 4.42 Å². The van der Waals surface area contributed by atoms with Gasteiger partial charge in [-0.15, -0.1) is 0 Å². The molecule has 2 atom stereocenters. The van der Waals surface area contributed by atoms with E-state index in [-0.39, 0.29) is 6.04 Å². The fourth-order valence-electron chi connectivity index (χ4n) is 1.38. The van der Waals surface area contributed by atoms with Crippen LogP contribution in [-0.2, 0) is 0 Å². The molecule has 0 fully saturated rings. The average molecular weight is 149 g/mol. The summed E-state index contributed by atoms with van der Waals surface area (Å²) in [5, 5.41) is 0. The molecule has 2 nitrogen and oxygen atoms in total. The van der Waals surface area contributed by atoms with Crippen LogP contribution in [0.1, 0.15) is 24.3 Å². The molecule has 0 saturated carbocycles. The van der Waals surface area contributed by atoms with Crippen LogP contribution in [0.5, 0.6) is 0 Å². The fourth-order valence-corrected chi connectivity index (χ4v) is 1.38. The van der Waals surface area contributed by atoms with Crippen molar-refractivity contribution in [3.8, 4) is 0 Å². The Bertz CT molecular complexity index is 288. The van der Waals surface area contributed by atoms with Gasteiger partial charge in [0.25, 0.3) is 0 Å². The van der Waals surface area contributed by atoms with Gasteiger partial charge in [-0.25, -0.2) is 0 Å². The maximum atomic E-state index is 5.92. The molecule has 1 aliphatic carbocycles. The van der Waals surface area contributed by atoms with Gasteiger partial charge in [-0.05, 0) is 18.1 Å². The maximum absolute atomic E-state index is 5.92. The Hall–Kier alpha value is -1.02. The summed E-state index contributed by atoms with van der Waals surface area (Å²) < 4.78 is 5.21. The highest BCUT2D eigenvalue weighted by Gasteiger charge is 2.20. The molecular formula is C9H11NO. The van der Waals surface area contributed by atoms with Crippen molar-refractivity contribution >= 4 is 6.08 Å². The highest BCUT2D eigenvalue weighted by atomic mass is 16.3. The van der Waals surface area contributed by atoms with Gasteiger partial charge in [0.15, 0.2) is 0 Å². The smallest absolute Gasteiger partial charge is 0.131 e. The lowest BCUT2D eigenvalue weighted by molar-refractivity contribution is 0.514. The van der Waals surface area contributed by atoms with Crippen LogP contribution in [0.4, 0.5) is 0 Å². The Labute approximate surface area is 65.7 Å². The summed E-state index contributed by atoms with van der Waals surface area (Å²) in [4.78, 5) is 0. The van der Waals surface area contributed by atoms with E-state index in [0.717, 1.165) is 11.3 Å². The minimum Gasteiger partial charge on any atom is -0.465 e. The van der Waals surface area contributed by atoms with E-state index in [1.165, 1.54) is 0 Å². The highest BCUT2D eigenvalue weighted by molar-refractivity contribution is 5.52. The molecule has 1 aromatic rings. The molecule has 2 rings (SSSR count). The Balaban J connectivity index is 2.48. The lowest BCUT2D eigenvalue weighted by Crippen LogP contribution is -2.19. The summed E-state index contributed by atoms with van der Waals surface area (Å²) in [5.74, 6) is 1.33. The van der Waals surface area contributed by atoms with Gasteiger partial charge >= 0.3 is 0 Å². The van der Waals surface area contributed by atoms with Gasteiger partial charge in [0.1, 0.15) is 5.76 Å². The fraction of sp³-hybridized carbons (Fsp3) is 0.333. The topological polar surface area (TPSA) is 39.2 Å². The van der Waals surface area contributed by atoms with Crippen molar-refractivity contribution in [2.24, 2.45) is 11.7 Å². The Kier molecular flexibility index (Phi) is 1.36. The second-order valence-corrected chi connectivity index (χ2v) is 2.98. The van der Waals surface area contributed by atoms with Gasteiger partial charge in [-0.1, -0.05) is 13.0 Å². The Morgan fingerprint density at radius 3 is 3.18 bits per heavy atom. The molecular weight excluding hydrogens is 138 g/mol. The van der Waals surface area contributed by atoms with Gasteiger partial charge in [-0.3, -0.25) is 0 Å². The number of fused-ring (bicyclic) bond motifs is 1. The van der Waals surface area contributed by atoms with Crippen LogP contribution in [0, 0.1) is 5.92 Å². The second-order valence-electron chi connectivity index (χ2n) is 2.98. The Morgan fingerprint density at radius 1 is 1.55 bits per heavy atom. The molecule has 1 aliphatic rings. The van der Waals surface area contributed by atoms with Crippen LogP contribution in [0.25, 0.3) is 6.08 Å². The van der Waals surface area contributed by atoms with Crippen LogP contribution < -0.4 is 5.73 Å². The predicted octanol–water partition coefficient (Wildman–Crippen LogP) is 1.94. The van der Waals surface area contributed by atoms with Gasteiger partial charge in [-0.2, -0.15) is 0 Å². The van der Waals surface area contributed by atoms with Gasteiger partial charge in [0.2, 0.25) is 0 Å². The summed E-state index contributed by atoms with van der Waals surface area (Å²) in [7, 11) is 0. The SMILES string of the molecule is CC1C=Cc2occc2[C@H]1N. The summed E-state index contributed by atoms with van der Waals surface area (Å²) in [6.45, 7) is 2.11. The molecule has 0 bridgehead atoms.